The van der Waals surface area contributed by atoms with E-state index in [0.717, 1.165) is 6.07 Å². The highest BCUT2D eigenvalue weighted by molar-refractivity contribution is 7.96. The van der Waals surface area contributed by atoms with Gasteiger partial charge in [-0.1, -0.05) is 29.8 Å². The van der Waals surface area contributed by atoms with Gasteiger partial charge in [0.15, 0.2) is 19.7 Å². The molecule has 0 radical (unpaired) electrons. The predicted octanol–water partition coefficient (Wildman–Crippen LogP) is 2.10. The third kappa shape index (κ3) is 4.29. The van der Waals surface area contributed by atoms with E-state index in [9.17, 15) is 25.3 Å². The van der Waals surface area contributed by atoms with Crippen LogP contribution in [0.3, 0.4) is 0 Å². The Morgan fingerprint density at radius 2 is 1.63 bits per heavy atom. The first-order chi connectivity index (χ1) is 12.5. The summed E-state index contributed by atoms with van der Waals surface area (Å²) >= 11 is 5.95. The molecule has 2 aromatic carbocycles. The van der Waals surface area contributed by atoms with Crippen LogP contribution in [-0.4, -0.2) is 42.0 Å². The molecular formula is C16H16ClNO6S3. The lowest BCUT2D eigenvalue weighted by atomic mass is 10.3. The molecule has 1 N–H and O–H groups in total. The van der Waals surface area contributed by atoms with Gasteiger partial charge in [-0.3, -0.25) is 4.72 Å². The summed E-state index contributed by atoms with van der Waals surface area (Å²) in [6.07, 6.45) is -0.000479. The van der Waals surface area contributed by atoms with Crippen LogP contribution in [0.2, 0.25) is 5.02 Å². The third-order valence-corrected chi connectivity index (χ3v) is 10.1. The monoisotopic (exact) mass is 449 g/mol. The Morgan fingerprint density at radius 3 is 2.26 bits per heavy atom. The van der Waals surface area contributed by atoms with Gasteiger partial charge in [0.25, 0.3) is 10.0 Å². The van der Waals surface area contributed by atoms with Gasteiger partial charge in [-0.2, -0.15) is 0 Å². The maximum absolute atomic E-state index is 12.7. The number of halogens is 1. The van der Waals surface area contributed by atoms with E-state index in [-0.39, 0.29) is 32.7 Å². The molecule has 27 heavy (non-hydrogen) atoms. The predicted molar refractivity (Wildman–Crippen MR) is 103 cm³/mol. The minimum atomic E-state index is -4.08. The number of benzene rings is 2. The number of sulfone groups is 2. The maximum Gasteiger partial charge on any atom is 0.261 e. The van der Waals surface area contributed by atoms with Crippen molar-refractivity contribution in [2.24, 2.45) is 0 Å². The first-order valence-electron chi connectivity index (χ1n) is 7.83. The van der Waals surface area contributed by atoms with Crippen molar-refractivity contribution in [2.75, 3.05) is 16.2 Å². The molecule has 1 aliphatic heterocycles. The molecule has 0 bridgehead atoms. The van der Waals surface area contributed by atoms with Crippen molar-refractivity contribution in [3.63, 3.8) is 0 Å². The fraction of sp³-hybridized carbons (Fsp3) is 0.250. The number of anilines is 1. The van der Waals surface area contributed by atoms with Crippen LogP contribution in [0.25, 0.3) is 0 Å². The fourth-order valence-electron chi connectivity index (χ4n) is 2.76. The Morgan fingerprint density at radius 1 is 0.963 bits per heavy atom. The lowest BCUT2D eigenvalue weighted by molar-refractivity contribution is 0.582. The molecule has 0 spiro atoms. The molecule has 0 unspecified atom stereocenters. The molecule has 0 amide bonds. The summed E-state index contributed by atoms with van der Waals surface area (Å²) in [6, 6.07) is 11.1. The second kappa shape index (κ2) is 7.08. The van der Waals surface area contributed by atoms with Gasteiger partial charge in [0.2, 0.25) is 0 Å². The number of hydrogen-bond acceptors (Lipinski definition) is 6. The molecular weight excluding hydrogens is 434 g/mol. The Balaban J connectivity index is 1.95. The van der Waals surface area contributed by atoms with Gasteiger partial charge in [0.05, 0.1) is 37.3 Å². The third-order valence-electron chi connectivity index (χ3n) is 4.19. The molecule has 7 nitrogen and oxygen atoms in total. The van der Waals surface area contributed by atoms with Crippen LogP contribution in [0.5, 0.6) is 0 Å². The van der Waals surface area contributed by atoms with Crippen molar-refractivity contribution >= 4 is 47.0 Å². The van der Waals surface area contributed by atoms with Crippen LogP contribution in [0.15, 0.2) is 58.3 Å². The van der Waals surface area contributed by atoms with E-state index in [2.05, 4.69) is 4.72 Å². The summed E-state index contributed by atoms with van der Waals surface area (Å²) in [6.45, 7) is 0. The highest BCUT2D eigenvalue weighted by Crippen LogP contribution is 2.28. The van der Waals surface area contributed by atoms with E-state index in [1.54, 1.807) is 12.1 Å². The van der Waals surface area contributed by atoms with E-state index in [1.165, 1.54) is 30.3 Å². The number of nitrogens with one attached hydrogen (secondary N) is 1. The molecule has 0 aliphatic carbocycles. The normalized spacial score (nSPS) is 19.7. The standard InChI is InChI=1S/C16H16ClNO6S3/c17-15-6-1-2-7-16(15)18-27(23,24)13-5-3-4-12(10-13)26(21,22)14-8-9-25(19,20)11-14/h1-7,10,14,18H,8-9,11H2/t14-/m0/s1. The zero-order valence-corrected chi connectivity index (χ0v) is 17.1. The highest BCUT2D eigenvalue weighted by Gasteiger charge is 2.38. The summed E-state index contributed by atoms with van der Waals surface area (Å²) in [4.78, 5) is -0.490. The summed E-state index contributed by atoms with van der Waals surface area (Å²) in [5.74, 6) is -0.646. The van der Waals surface area contributed by atoms with Gasteiger partial charge < -0.3 is 0 Å². The molecule has 0 aromatic heterocycles. The lowest BCUT2D eigenvalue weighted by Gasteiger charge is -2.13. The van der Waals surface area contributed by atoms with Gasteiger partial charge >= 0.3 is 0 Å². The average molecular weight is 450 g/mol. The van der Waals surface area contributed by atoms with Crippen LogP contribution in [-0.2, 0) is 29.7 Å². The summed E-state index contributed by atoms with van der Waals surface area (Å²) < 4.78 is 76.1. The summed E-state index contributed by atoms with van der Waals surface area (Å²) in [7, 11) is -11.4. The SMILES string of the molecule is O=S1(=O)CC[C@H](S(=O)(=O)c2cccc(S(=O)(=O)Nc3ccccc3Cl)c2)C1. The average Bonchev–Trinajstić information content (AvgIpc) is 2.98. The molecule has 1 heterocycles. The fourth-order valence-corrected chi connectivity index (χ4v) is 8.61. The molecule has 1 atom stereocenters. The number of rotatable bonds is 5. The van der Waals surface area contributed by atoms with Crippen LogP contribution >= 0.6 is 11.6 Å². The van der Waals surface area contributed by atoms with Crippen molar-refractivity contribution in [1.29, 1.82) is 0 Å². The van der Waals surface area contributed by atoms with Crippen molar-refractivity contribution in [1.82, 2.24) is 0 Å². The molecule has 3 rings (SSSR count). The molecule has 1 saturated heterocycles. The second-order valence-corrected chi connectivity index (χ2v) is 12.7. The van der Waals surface area contributed by atoms with E-state index in [1.807, 2.05) is 0 Å². The van der Waals surface area contributed by atoms with E-state index < -0.39 is 40.7 Å². The minimum absolute atomic E-state index is 0.000479. The highest BCUT2D eigenvalue weighted by atomic mass is 35.5. The van der Waals surface area contributed by atoms with Crippen molar-refractivity contribution in [3.8, 4) is 0 Å². The van der Waals surface area contributed by atoms with E-state index in [4.69, 9.17) is 11.6 Å². The van der Waals surface area contributed by atoms with Crippen molar-refractivity contribution in [3.05, 3.63) is 53.6 Å². The van der Waals surface area contributed by atoms with Crippen LogP contribution in [0.1, 0.15) is 6.42 Å². The molecule has 2 aromatic rings. The Bertz CT molecular complexity index is 1190. The largest absolute Gasteiger partial charge is 0.278 e. The van der Waals surface area contributed by atoms with Crippen molar-refractivity contribution < 1.29 is 25.3 Å². The Kier molecular flexibility index (Phi) is 5.28. The van der Waals surface area contributed by atoms with E-state index >= 15 is 0 Å². The smallest absolute Gasteiger partial charge is 0.261 e. The quantitative estimate of drug-likeness (QED) is 0.747. The number of sulfonamides is 1. The van der Waals surface area contributed by atoms with Crippen LogP contribution in [0.4, 0.5) is 5.69 Å². The zero-order chi connectivity index (χ0) is 19.9. The first-order valence-corrected chi connectivity index (χ1v) is 13.1. The Labute approximate surface area is 163 Å². The van der Waals surface area contributed by atoms with Crippen LogP contribution < -0.4 is 4.72 Å². The molecule has 1 fully saturated rings. The van der Waals surface area contributed by atoms with Gasteiger partial charge in [-0.15, -0.1) is 0 Å². The number of hydrogen-bond donors (Lipinski definition) is 1. The van der Waals surface area contributed by atoms with E-state index in [0.29, 0.717) is 0 Å². The van der Waals surface area contributed by atoms with Crippen molar-refractivity contribution in [2.45, 2.75) is 21.5 Å². The van der Waals surface area contributed by atoms with Gasteiger partial charge in [-0.25, -0.2) is 25.3 Å². The molecule has 1 aliphatic rings. The topological polar surface area (TPSA) is 114 Å². The first kappa shape index (κ1) is 20.1. The maximum atomic E-state index is 12.7. The molecule has 0 saturated carbocycles. The van der Waals surface area contributed by atoms with Crippen LogP contribution in [0, 0.1) is 0 Å². The van der Waals surface area contributed by atoms with Gasteiger partial charge in [-0.05, 0) is 36.8 Å². The summed E-state index contributed by atoms with van der Waals surface area (Å²) in [5, 5.41) is -0.877. The molecule has 146 valence electrons. The Hall–Kier alpha value is -1.62. The minimum Gasteiger partial charge on any atom is -0.278 e. The van der Waals surface area contributed by atoms with Gasteiger partial charge in [0, 0.05) is 0 Å². The molecule has 11 heteroatoms. The van der Waals surface area contributed by atoms with Gasteiger partial charge in [0.1, 0.15) is 0 Å². The zero-order valence-electron chi connectivity index (χ0n) is 13.9. The lowest BCUT2D eigenvalue weighted by Crippen LogP contribution is -2.23. The second-order valence-electron chi connectivity index (χ2n) is 6.13. The number of para-hydroxylation sites is 1. The summed E-state index contributed by atoms with van der Waals surface area (Å²) in [5.41, 5.74) is 0.161.